The third-order valence-electron chi connectivity index (χ3n) is 4.51. The van der Waals surface area contributed by atoms with Crippen LogP contribution in [0.2, 0.25) is 5.02 Å². The molecule has 2 aromatic rings. The Balaban J connectivity index is 2.27. The number of rotatable bonds is 9. The number of ether oxygens (including phenoxy) is 1. The van der Waals surface area contributed by atoms with Crippen LogP contribution >= 0.6 is 11.6 Å². The zero-order chi connectivity index (χ0) is 21.6. The summed E-state index contributed by atoms with van der Waals surface area (Å²) in [5, 5.41) is 3.12. The summed E-state index contributed by atoms with van der Waals surface area (Å²) in [5.41, 5.74) is 2.01. The average molecular weight is 439 g/mol. The van der Waals surface area contributed by atoms with E-state index in [0.29, 0.717) is 16.5 Å². The van der Waals surface area contributed by atoms with Crippen LogP contribution in [0.15, 0.2) is 42.5 Å². The number of unbranched alkanes of at least 4 members (excludes halogenated alkanes) is 1. The number of benzene rings is 2. The molecule has 0 aliphatic rings. The van der Waals surface area contributed by atoms with Crippen molar-refractivity contribution in [1.82, 2.24) is 0 Å². The van der Waals surface area contributed by atoms with Crippen LogP contribution in [-0.2, 0) is 21.2 Å². The second-order valence-electron chi connectivity index (χ2n) is 6.84. The number of carbonyl (C=O) groups is 1. The van der Waals surface area contributed by atoms with Crippen LogP contribution in [0.5, 0.6) is 5.75 Å². The largest absolute Gasteiger partial charge is 0.495 e. The molecule has 0 radical (unpaired) electrons. The molecule has 0 heterocycles. The molecule has 0 spiro atoms. The Labute approximate surface area is 177 Å². The molecule has 6 nitrogen and oxygen atoms in total. The van der Waals surface area contributed by atoms with Gasteiger partial charge < -0.3 is 10.1 Å². The molecule has 158 valence electrons. The van der Waals surface area contributed by atoms with Gasteiger partial charge in [0.2, 0.25) is 15.9 Å². The van der Waals surface area contributed by atoms with E-state index in [2.05, 4.69) is 12.2 Å². The lowest BCUT2D eigenvalue weighted by Crippen LogP contribution is -2.45. The fourth-order valence-corrected chi connectivity index (χ4v) is 4.34. The first kappa shape index (κ1) is 23.0. The maximum atomic E-state index is 12.8. The van der Waals surface area contributed by atoms with Crippen molar-refractivity contribution in [2.75, 3.05) is 23.0 Å². The Morgan fingerprint density at radius 1 is 1.21 bits per heavy atom. The maximum absolute atomic E-state index is 12.8. The summed E-state index contributed by atoms with van der Waals surface area (Å²) >= 11 is 6.06. The van der Waals surface area contributed by atoms with Crippen molar-refractivity contribution < 1.29 is 17.9 Å². The number of sulfonamides is 1. The van der Waals surface area contributed by atoms with E-state index in [1.807, 2.05) is 24.3 Å². The van der Waals surface area contributed by atoms with Gasteiger partial charge in [0.25, 0.3) is 0 Å². The van der Waals surface area contributed by atoms with E-state index in [4.69, 9.17) is 16.3 Å². The molecular weight excluding hydrogens is 412 g/mol. The van der Waals surface area contributed by atoms with Crippen LogP contribution < -0.4 is 14.4 Å². The van der Waals surface area contributed by atoms with E-state index in [1.54, 1.807) is 12.1 Å². The van der Waals surface area contributed by atoms with Gasteiger partial charge in [0.15, 0.2) is 0 Å². The topological polar surface area (TPSA) is 75.7 Å². The van der Waals surface area contributed by atoms with Crippen molar-refractivity contribution >= 4 is 38.9 Å². The molecule has 0 aromatic heterocycles. The molecule has 1 atom stereocenters. The number of nitrogens with zero attached hydrogens (tertiary/aromatic N) is 1. The van der Waals surface area contributed by atoms with E-state index >= 15 is 0 Å². The Kier molecular flexibility index (Phi) is 7.93. The summed E-state index contributed by atoms with van der Waals surface area (Å²) in [6.45, 7) is 3.66. The van der Waals surface area contributed by atoms with Gasteiger partial charge in [-0.05, 0) is 55.7 Å². The molecule has 2 aromatic carbocycles. The molecule has 1 amide bonds. The van der Waals surface area contributed by atoms with Crippen molar-refractivity contribution in [3.05, 3.63) is 53.1 Å². The van der Waals surface area contributed by atoms with Crippen LogP contribution in [0.3, 0.4) is 0 Å². The zero-order valence-corrected chi connectivity index (χ0v) is 18.7. The minimum Gasteiger partial charge on any atom is -0.495 e. The van der Waals surface area contributed by atoms with E-state index in [9.17, 15) is 13.2 Å². The SMILES string of the molecule is CCCCc1ccc(NC(=O)C(C)N(c2cc(Cl)ccc2OC)S(C)(=O)=O)cc1. The third-order valence-corrected chi connectivity index (χ3v) is 5.97. The van der Waals surface area contributed by atoms with Gasteiger partial charge in [-0.1, -0.05) is 37.1 Å². The predicted octanol–water partition coefficient (Wildman–Crippen LogP) is 4.48. The highest BCUT2D eigenvalue weighted by Gasteiger charge is 2.31. The third kappa shape index (κ3) is 6.11. The molecule has 0 aliphatic heterocycles. The molecular formula is C21H27ClN2O4S. The van der Waals surface area contributed by atoms with Crippen LogP contribution in [0.1, 0.15) is 32.3 Å². The number of carbonyl (C=O) groups excluding carboxylic acids is 1. The zero-order valence-electron chi connectivity index (χ0n) is 17.1. The molecule has 0 aliphatic carbocycles. The second-order valence-corrected chi connectivity index (χ2v) is 9.14. The monoisotopic (exact) mass is 438 g/mol. The molecule has 0 saturated carbocycles. The number of hydrogen-bond acceptors (Lipinski definition) is 4. The number of aryl methyl sites for hydroxylation is 1. The van der Waals surface area contributed by atoms with Gasteiger partial charge in [0.05, 0.1) is 19.1 Å². The molecule has 2 rings (SSSR count). The highest BCUT2D eigenvalue weighted by molar-refractivity contribution is 7.92. The first-order valence-electron chi connectivity index (χ1n) is 9.40. The second kappa shape index (κ2) is 9.98. The number of halogens is 1. The minimum absolute atomic E-state index is 0.208. The first-order chi connectivity index (χ1) is 13.7. The molecule has 1 N–H and O–H groups in total. The highest BCUT2D eigenvalue weighted by Crippen LogP contribution is 2.34. The quantitative estimate of drug-likeness (QED) is 0.626. The van der Waals surface area contributed by atoms with Crippen molar-refractivity contribution in [3.63, 3.8) is 0 Å². The number of hydrogen-bond donors (Lipinski definition) is 1. The van der Waals surface area contributed by atoms with Gasteiger partial charge in [0.1, 0.15) is 11.8 Å². The summed E-state index contributed by atoms with van der Waals surface area (Å²) in [6.07, 6.45) is 4.25. The number of anilines is 2. The Morgan fingerprint density at radius 3 is 2.41 bits per heavy atom. The van der Waals surface area contributed by atoms with Gasteiger partial charge in [-0.15, -0.1) is 0 Å². The molecule has 29 heavy (non-hydrogen) atoms. The van der Waals surface area contributed by atoms with Crippen LogP contribution in [0.4, 0.5) is 11.4 Å². The van der Waals surface area contributed by atoms with Crippen LogP contribution in [0.25, 0.3) is 0 Å². The fraction of sp³-hybridized carbons (Fsp3) is 0.381. The Bertz CT molecular complexity index is 946. The fourth-order valence-electron chi connectivity index (χ4n) is 3.00. The summed E-state index contributed by atoms with van der Waals surface area (Å²) in [7, 11) is -2.36. The van der Waals surface area contributed by atoms with Crippen molar-refractivity contribution in [2.24, 2.45) is 0 Å². The van der Waals surface area contributed by atoms with Crippen molar-refractivity contribution in [3.8, 4) is 5.75 Å². The van der Waals surface area contributed by atoms with Crippen molar-refractivity contribution in [2.45, 2.75) is 39.2 Å². The summed E-state index contributed by atoms with van der Waals surface area (Å²) in [6, 6.07) is 11.2. The lowest BCUT2D eigenvalue weighted by atomic mass is 10.1. The predicted molar refractivity (Wildman–Crippen MR) is 118 cm³/mol. The number of amides is 1. The van der Waals surface area contributed by atoms with E-state index in [1.165, 1.54) is 25.7 Å². The number of nitrogens with one attached hydrogen (secondary N) is 1. The standard InChI is InChI=1S/C21H27ClN2O4S/c1-5-6-7-16-8-11-18(12-9-16)23-21(25)15(2)24(29(4,26)27)19-14-17(22)10-13-20(19)28-3/h8-15H,5-7H2,1-4H3,(H,23,25). The van der Waals surface area contributed by atoms with Gasteiger partial charge in [-0.25, -0.2) is 8.42 Å². The van der Waals surface area contributed by atoms with Crippen LogP contribution in [0, 0.1) is 0 Å². The molecule has 0 saturated heterocycles. The molecule has 1 unspecified atom stereocenters. The van der Waals surface area contributed by atoms with E-state index in [0.717, 1.165) is 29.8 Å². The highest BCUT2D eigenvalue weighted by atomic mass is 35.5. The average Bonchev–Trinajstić information content (AvgIpc) is 2.66. The van der Waals surface area contributed by atoms with E-state index < -0.39 is 22.0 Å². The van der Waals surface area contributed by atoms with E-state index in [-0.39, 0.29) is 5.69 Å². The molecule has 8 heteroatoms. The Hall–Kier alpha value is -2.25. The van der Waals surface area contributed by atoms with Gasteiger partial charge in [-0.3, -0.25) is 9.10 Å². The van der Waals surface area contributed by atoms with Gasteiger partial charge in [-0.2, -0.15) is 0 Å². The minimum atomic E-state index is -3.79. The molecule has 0 bridgehead atoms. The smallest absolute Gasteiger partial charge is 0.247 e. The van der Waals surface area contributed by atoms with Gasteiger partial charge in [0, 0.05) is 10.7 Å². The first-order valence-corrected chi connectivity index (χ1v) is 11.6. The van der Waals surface area contributed by atoms with Crippen molar-refractivity contribution in [1.29, 1.82) is 0 Å². The summed E-state index contributed by atoms with van der Waals surface area (Å²) < 4.78 is 31.3. The van der Waals surface area contributed by atoms with Crippen LogP contribution in [-0.4, -0.2) is 33.7 Å². The summed E-state index contributed by atoms with van der Waals surface area (Å²) in [5.74, 6) is -0.154. The maximum Gasteiger partial charge on any atom is 0.247 e. The lowest BCUT2D eigenvalue weighted by Gasteiger charge is -2.29. The summed E-state index contributed by atoms with van der Waals surface area (Å²) in [4.78, 5) is 12.8. The lowest BCUT2D eigenvalue weighted by molar-refractivity contribution is -0.116. The normalized spacial score (nSPS) is 12.3. The molecule has 0 fully saturated rings. The number of methoxy groups -OCH3 is 1. The van der Waals surface area contributed by atoms with Gasteiger partial charge >= 0.3 is 0 Å². The Morgan fingerprint density at radius 2 is 1.86 bits per heavy atom.